The topological polar surface area (TPSA) is 88.9 Å². The van der Waals surface area contributed by atoms with Crippen LogP contribution < -0.4 is 10.6 Å². The summed E-state index contributed by atoms with van der Waals surface area (Å²) >= 11 is 1.35. The number of hydrogen-bond acceptors (Lipinski definition) is 5. The molecule has 0 spiro atoms. The molecule has 0 aliphatic carbocycles. The van der Waals surface area contributed by atoms with Crippen molar-refractivity contribution in [2.24, 2.45) is 7.05 Å². The lowest BCUT2D eigenvalue weighted by Gasteiger charge is -2.05. The van der Waals surface area contributed by atoms with E-state index in [-0.39, 0.29) is 24.8 Å². The molecule has 0 fully saturated rings. The molecule has 0 radical (unpaired) electrons. The standard InChI is InChI=1S/C11H13N5O2S/c1-16-8(2-5-14-16)10(18)12-4-3-9(17)15-11-13-6-7-19-11/h2,5-7H,3-4H2,1H3,(H,12,18)(H,13,15,17). The highest BCUT2D eigenvalue weighted by Crippen LogP contribution is 2.10. The minimum absolute atomic E-state index is 0.180. The highest BCUT2D eigenvalue weighted by Gasteiger charge is 2.10. The molecule has 19 heavy (non-hydrogen) atoms. The largest absolute Gasteiger partial charge is 0.350 e. The van der Waals surface area contributed by atoms with Gasteiger partial charge in [0.1, 0.15) is 5.69 Å². The van der Waals surface area contributed by atoms with Crippen LogP contribution in [0.15, 0.2) is 23.8 Å². The Morgan fingerprint density at radius 2 is 2.26 bits per heavy atom. The Hall–Kier alpha value is -2.22. The molecule has 0 aromatic carbocycles. The fourth-order valence-electron chi connectivity index (χ4n) is 1.44. The summed E-state index contributed by atoms with van der Waals surface area (Å²) in [5, 5.41) is 11.5. The molecule has 100 valence electrons. The summed E-state index contributed by atoms with van der Waals surface area (Å²) in [5.74, 6) is -0.428. The molecule has 7 nitrogen and oxygen atoms in total. The zero-order valence-corrected chi connectivity index (χ0v) is 11.1. The number of hydrogen-bond donors (Lipinski definition) is 2. The molecular formula is C11H13N5O2S. The van der Waals surface area contributed by atoms with Crippen LogP contribution in [-0.4, -0.2) is 33.1 Å². The first-order valence-electron chi connectivity index (χ1n) is 5.62. The smallest absolute Gasteiger partial charge is 0.269 e. The first-order chi connectivity index (χ1) is 9.16. The Bertz CT molecular complexity index is 563. The number of rotatable bonds is 5. The lowest BCUT2D eigenvalue weighted by atomic mass is 10.3. The van der Waals surface area contributed by atoms with E-state index < -0.39 is 0 Å². The van der Waals surface area contributed by atoms with Crippen LogP contribution in [0.1, 0.15) is 16.9 Å². The van der Waals surface area contributed by atoms with Crippen LogP contribution in [0, 0.1) is 0 Å². The van der Waals surface area contributed by atoms with Gasteiger partial charge in [-0.1, -0.05) is 0 Å². The minimum atomic E-state index is -0.248. The van der Waals surface area contributed by atoms with Gasteiger partial charge in [-0.15, -0.1) is 11.3 Å². The molecule has 0 saturated heterocycles. The summed E-state index contributed by atoms with van der Waals surface area (Å²) in [6, 6.07) is 1.62. The number of nitrogens with one attached hydrogen (secondary N) is 2. The van der Waals surface area contributed by atoms with Gasteiger partial charge in [-0.05, 0) is 6.07 Å². The first kappa shape index (κ1) is 13.2. The minimum Gasteiger partial charge on any atom is -0.350 e. The van der Waals surface area contributed by atoms with Crippen molar-refractivity contribution >= 4 is 28.3 Å². The molecule has 2 N–H and O–H groups in total. The van der Waals surface area contributed by atoms with E-state index in [1.165, 1.54) is 16.0 Å². The number of nitrogens with zero attached hydrogens (tertiary/aromatic N) is 3. The Kier molecular flexibility index (Phi) is 4.24. The van der Waals surface area contributed by atoms with Crippen molar-refractivity contribution in [1.29, 1.82) is 0 Å². The molecule has 0 atom stereocenters. The van der Waals surface area contributed by atoms with Crippen molar-refractivity contribution in [3.05, 3.63) is 29.5 Å². The average molecular weight is 279 g/mol. The predicted octanol–water partition coefficient (Wildman–Crippen LogP) is 0.635. The number of amides is 2. The molecule has 0 unspecified atom stereocenters. The second-order valence-electron chi connectivity index (χ2n) is 3.73. The van der Waals surface area contributed by atoms with Gasteiger partial charge in [0.2, 0.25) is 5.91 Å². The highest BCUT2D eigenvalue weighted by molar-refractivity contribution is 7.13. The monoisotopic (exact) mass is 279 g/mol. The summed E-state index contributed by atoms with van der Waals surface area (Å²) in [4.78, 5) is 27.2. The van der Waals surface area contributed by atoms with Gasteiger partial charge in [0.05, 0.1) is 0 Å². The van der Waals surface area contributed by atoms with E-state index in [0.29, 0.717) is 10.8 Å². The first-order valence-corrected chi connectivity index (χ1v) is 6.50. The van der Waals surface area contributed by atoms with Crippen LogP contribution in [-0.2, 0) is 11.8 Å². The van der Waals surface area contributed by atoms with Crippen molar-refractivity contribution < 1.29 is 9.59 Å². The lowest BCUT2D eigenvalue weighted by Crippen LogP contribution is -2.29. The number of aromatic nitrogens is 3. The summed E-state index contributed by atoms with van der Waals surface area (Å²) in [5.41, 5.74) is 0.459. The number of carbonyl (C=O) groups excluding carboxylic acids is 2. The summed E-state index contributed by atoms with van der Waals surface area (Å²) in [7, 11) is 1.68. The molecule has 8 heteroatoms. The van der Waals surface area contributed by atoms with Gasteiger partial charge >= 0.3 is 0 Å². The maximum Gasteiger partial charge on any atom is 0.269 e. The van der Waals surface area contributed by atoms with Crippen molar-refractivity contribution in [2.45, 2.75) is 6.42 Å². The Balaban J connectivity index is 1.73. The van der Waals surface area contributed by atoms with Gasteiger partial charge in [0.15, 0.2) is 5.13 Å². The molecule has 0 bridgehead atoms. The summed E-state index contributed by atoms with van der Waals surface area (Å²) < 4.78 is 1.48. The van der Waals surface area contributed by atoms with Crippen molar-refractivity contribution in [2.75, 3.05) is 11.9 Å². The molecule has 0 aliphatic rings. The van der Waals surface area contributed by atoms with Crippen LogP contribution in [0.25, 0.3) is 0 Å². The number of aryl methyl sites for hydroxylation is 1. The zero-order chi connectivity index (χ0) is 13.7. The van der Waals surface area contributed by atoms with E-state index in [4.69, 9.17) is 0 Å². The molecule has 2 rings (SSSR count). The molecule has 2 amide bonds. The normalized spacial score (nSPS) is 10.2. The lowest BCUT2D eigenvalue weighted by molar-refractivity contribution is -0.116. The molecule has 2 aromatic heterocycles. The molecule has 0 aliphatic heterocycles. The third-order valence-corrected chi connectivity index (χ3v) is 3.06. The number of anilines is 1. The van der Waals surface area contributed by atoms with Crippen LogP contribution in [0.3, 0.4) is 0 Å². The van der Waals surface area contributed by atoms with Crippen LogP contribution in [0.4, 0.5) is 5.13 Å². The Morgan fingerprint density at radius 3 is 2.89 bits per heavy atom. The van der Waals surface area contributed by atoms with Gasteiger partial charge < -0.3 is 10.6 Å². The maximum absolute atomic E-state index is 11.7. The van der Waals surface area contributed by atoms with E-state index in [9.17, 15) is 9.59 Å². The predicted molar refractivity (Wildman–Crippen MR) is 70.9 cm³/mol. The molecule has 2 aromatic rings. The average Bonchev–Trinajstić information content (AvgIpc) is 3.00. The molecule has 2 heterocycles. The quantitative estimate of drug-likeness (QED) is 0.840. The van der Waals surface area contributed by atoms with E-state index in [0.717, 1.165) is 0 Å². The van der Waals surface area contributed by atoms with Crippen LogP contribution in [0.5, 0.6) is 0 Å². The van der Waals surface area contributed by atoms with Crippen molar-refractivity contribution in [3.63, 3.8) is 0 Å². The number of carbonyl (C=O) groups is 2. The third kappa shape index (κ3) is 3.62. The highest BCUT2D eigenvalue weighted by atomic mass is 32.1. The van der Waals surface area contributed by atoms with Gasteiger partial charge in [-0.3, -0.25) is 14.3 Å². The van der Waals surface area contributed by atoms with E-state index in [1.54, 1.807) is 30.9 Å². The maximum atomic E-state index is 11.7. The van der Waals surface area contributed by atoms with Crippen LogP contribution >= 0.6 is 11.3 Å². The SMILES string of the molecule is Cn1nccc1C(=O)NCCC(=O)Nc1nccs1. The Morgan fingerprint density at radius 1 is 1.42 bits per heavy atom. The number of thiazole rings is 1. The summed E-state index contributed by atoms with van der Waals surface area (Å²) in [6.45, 7) is 0.265. The fraction of sp³-hybridized carbons (Fsp3) is 0.273. The van der Waals surface area contributed by atoms with Gasteiger partial charge in [-0.2, -0.15) is 5.10 Å². The summed E-state index contributed by atoms with van der Waals surface area (Å²) in [6.07, 6.45) is 3.36. The second-order valence-corrected chi connectivity index (χ2v) is 4.63. The van der Waals surface area contributed by atoms with Crippen LogP contribution in [0.2, 0.25) is 0 Å². The molecule has 0 saturated carbocycles. The zero-order valence-electron chi connectivity index (χ0n) is 10.3. The third-order valence-electron chi connectivity index (χ3n) is 2.37. The van der Waals surface area contributed by atoms with E-state index in [1.807, 2.05) is 0 Å². The Labute approximate surface area is 113 Å². The van der Waals surface area contributed by atoms with Crippen molar-refractivity contribution in [3.8, 4) is 0 Å². The van der Waals surface area contributed by atoms with E-state index in [2.05, 4.69) is 20.7 Å². The fourth-order valence-corrected chi connectivity index (χ4v) is 1.99. The van der Waals surface area contributed by atoms with E-state index >= 15 is 0 Å². The van der Waals surface area contributed by atoms with Gasteiger partial charge in [0.25, 0.3) is 5.91 Å². The van der Waals surface area contributed by atoms with Gasteiger partial charge in [-0.25, -0.2) is 4.98 Å². The van der Waals surface area contributed by atoms with Gasteiger partial charge in [0, 0.05) is 37.8 Å². The second kappa shape index (κ2) is 6.10. The van der Waals surface area contributed by atoms with Crippen molar-refractivity contribution in [1.82, 2.24) is 20.1 Å². The molecular weight excluding hydrogens is 266 g/mol.